The molecule has 214 valence electrons. The van der Waals surface area contributed by atoms with E-state index in [1.165, 1.54) is 0 Å². The number of amides is 1. The number of benzene rings is 1. The van der Waals surface area contributed by atoms with E-state index in [9.17, 15) is 15.0 Å². The van der Waals surface area contributed by atoms with Crippen molar-refractivity contribution >= 4 is 19.8 Å². The fourth-order valence-electron chi connectivity index (χ4n) is 4.78. The Bertz CT molecular complexity index is 1280. The molecule has 13 heteroatoms. The number of nitrogens with zero attached hydrogens (tertiary/aromatic N) is 4. The SMILES string of the molecule is [B]C(O)(O)N1CCCCC1C(=O)NCC(F)COc1c(-c2cnc(COCCC)nc2)ccc2c1=CC(N)CN=2. The molecule has 1 fully saturated rings. The van der Waals surface area contributed by atoms with Gasteiger partial charge in [0.15, 0.2) is 25.7 Å². The van der Waals surface area contributed by atoms with Gasteiger partial charge in [0, 0.05) is 47.9 Å². The van der Waals surface area contributed by atoms with Crippen LogP contribution >= 0.6 is 0 Å². The van der Waals surface area contributed by atoms with E-state index in [2.05, 4.69) is 20.3 Å². The highest BCUT2D eigenvalue weighted by Gasteiger charge is 2.37. The summed E-state index contributed by atoms with van der Waals surface area (Å²) < 4.78 is 26.5. The summed E-state index contributed by atoms with van der Waals surface area (Å²) in [5, 5.41) is 23.5. The van der Waals surface area contributed by atoms with Gasteiger partial charge in [-0.05, 0) is 31.4 Å². The maximum Gasteiger partial charge on any atom is 0.237 e. The lowest BCUT2D eigenvalue weighted by molar-refractivity contribution is -0.217. The monoisotopic (exact) mass is 554 g/mol. The molecule has 2 aliphatic heterocycles. The number of piperidine rings is 1. The van der Waals surface area contributed by atoms with Gasteiger partial charge in [-0.1, -0.05) is 19.4 Å². The van der Waals surface area contributed by atoms with Crippen molar-refractivity contribution in [1.82, 2.24) is 20.2 Å². The number of hydrogen-bond donors (Lipinski definition) is 4. The summed E-state index contributed by atoms with van der Waals surface area (Å²) in [5.41, 5.74) is 7.44. The predicted molar refractivity (Wildman–Crippen MR) is 146 cm³/mol. The fraction of sp³-hybridized carbons (Fsp3) is 0.556. The molecule has 4 rings (SSSR count). The van der Waals surface area contributed by atoms with Crippen LogP contribution in [-0.2, 0) is 16.1 Å². The van der Waals surface area contributed by atoms with Gasteiger partial charge in [0.2, 0.25) is 5.91 Å². The van der Waals surface area contributed by atoms with Crippen LogP contribution in [-0.4, -0.2) is 95.7 Å². The number of rotatable bonds is 12. The van der Waals surface area contributed by atoms with Crippen LogP contribution in [0.25, 0.3) is 17.2 Å². The Morgan fingerprint density at radius 1 is 1.32 bits per heavy atom. The molecule has 11 nitrogen and oxygen atoms in total. The van der Waals surface area contributed by atoms with Crippen molar-refractivity contribution in [2.75, 3.05) is 32.8 Å². The van der Waals surface area contributed by atoms with Crippen molar-refractivity contribution in [2.45, 2.75) is 63.3 Å². The number of aromatic nitrogens is 2. The van der Waals surface area contributed by atoms with Crippen molar-refractivity contribution in [3.63, 3.8) is 0 Å². The maximum atomic E-state index is 15.0. The zero-order chi connectivity index (χ0) is 28.7. The topological polar surface area (TPSA) is 155 Å². The number of aliphatic hydroxyl groups is 2. The van der Waals surface area contributed by atoms with E-state index in [1.807, 2.05) is 25.1 Å². The van der Waals surface area contributed by atoms with Crippen LogP contribution in [0.3, 0.4) is 0 Å². The van der Waals surface area contributed by atoms with E-state index in [0.717, 1.165) is 17.7 Å². The Hall–Kier alpha value is -2.97. The molecule has 1 saturated heterocycles. The molecule has 3 heterocycles. The Morgan fingerprint density at radius 2 is 2.10 bits per heavy atom. The summed E-state index contributed by atoms with van der Waals surface area (Å²) in [6.07, 6.45) is 6.27. The van der Waals surface area contributed by atoms with E-state index in [-0.39, 0.29) is 25.7 Å². The first kappa shape index (κ1) is 30.0. The highest BCUT2D eigenvalue weighted by Crippen LogP contribution is 2.26. The van der Waals surface area contributed by atoms with E-state index in [4.69, 9.17) is 23.1 Å². The summed E-state index contributed by atoms with van der Waals surface area (Å²) in [6, 6.07) is 2.49. The second kappa shape index (κ2) is 13.6. The number of ether oxygens (including phenoxy) is 2. The first-order valence-corrected chi connectivity index (χ1v) is 13.6. The molecule has 1 amide bonds. The molecule has 5 N–H and O–H groups in total. The lowest BCUT2D eigenvalue weighted by Crippen LogP contribution is -2.60. The second-order valence-corrected chi connectivity index (χ2v) is 10.0. The third kappa shape index (κ3) is 7.61. The summed E-state index contributed by atoms with van der Waals surface area (Å²) in [7, 11) is 5.40. The van der Waals surface area contributed by atoms with Gasteiger partial charge >= 0.3 is 0 Å². The number of nitrogens with two attached hydrogens (primary N) is 1. The molecule has 40 heavy (non-hydrogen) atoms. The van der Waals surface area contributed by atoms with Gasteiger partial charge in [0.1, 0.15) is 19.0 Å². The number of halogens is 1. The molecule has 0 spiro atoms. The van der Waals surface area contributed by atoms with Gasteiger partial charge in [0.25, 0.3) is 0 Å². The Morgan fingerprint density at radius 3 is 2.83 bits per heavy atom. The zero-order valence-corrected chi connectivity index (χ0v) is 22.6. The lowest BCUT2D eigenvalue weighted by Gasteiger charge is -2.41. The van der Waals surface area contributed by atoms with Gasteiger partial charge in [-0.3, -0.25) is 14.7 Å². The normalized spacial score (nSPS) is 20.1. The Labute approximate surface area is 233 Å². The molecule has 2 radical (unpaired) electrons. The third-order valence-electron chi connectivity index (χ3n) is 6.76. The van der Waals surface area contributed by atoms with Gasteiger partial charge in [0.05, 0.1) is 24.5 Å². The van der Waals surface area contributed by atoms with E-state index in [0.29, 0.717) is 65.9 Å². The van der Waals surface area contributed by atoms with Crippen LogP contribution in [0.4, 0.5) is 4.39 Å². The Balaban J connectivity index is 1.47. The van der Waals surface area contributed by atoms with Crippen molar-refractivity contribution in [2.24, 2.45) is 10.7 Å². The first-order valence-electron chi connectivity index (χ1n) is 13.6. The molecule has 2 aliphatic rings. The van der Waals surface area contributed by atoms with Gasteiger partial charge in [-0.2, -0.15) is 0 Å². The fourth-order valence-corrected chi connectivity index (χ4v) is 4.78. The number of fused-ring (bicyclic) bond motifs is 1. The van der Waals surface area contributed by atoms with Crippen molar-refractivity contribution < 1.29 is 28.9 Å². The van der Waals surface area contributed by atoms with Crippen LogP contribution in [0.2, 0.25) is 0 Å². The van der Waals surface area contributed by atoms with Gasteiger partial charge in [-0.25, -0.2) is 14.4 Å². The molecule has 0 bridgehead atoms. The van der Waals surface area contributed by atoms with E-state index < -0.39 is 23.9 Å². The van der Waals surface area contributed by atoms with E-state index in [1.54, 1.807) is 12.4 Å². The van der Waals surface area contributed by atoms with E-state index >= 15 is 4.39 Å². The highest BCUT2D eigenvalue weighted by molar-refractivity contribution is 6.12. The quantitative estimate of drug-likeness (QED) is 0.151. The minimum absolute atomic E-state index is 0.242. The Kier molecular flexibility index (Phi) is 10.2. The maximum absolute atomic E-state index is 15.0. The van der Waals surface area contributed by atoms with Crippen molar-refractivity contribution in [3.8, 4) is 16.9 Å². The smallest absolute Gasteiger partial charge is 0.237 e. The molecule has 1 aromatic carbocycles. The molecular weight excluding hydrogens is 518 g/mol. The third-order valence-corrected chi connectivity index (χ3v) is 6.76. The average molecular weight is 554 g/mol. The minimum Gasteiger partial charge on any atom is -0.489 e. The zero-order valence-electron chi connectivity index (χ0n) is 22.6. The summed E-state index contributed by atoms with van der Waals surface area (Å²) >= 11 is 0. The standard InChI is InChI=1S/C27H36BFN6O5/c1-2-9-39-16-24-32-11-17(12-33-24)20-6-7-22-21(10-19(30)14-31-22)25(20)40-15-18(29)13-34-26(36)23-5-3-4-8-35(23)27(28,37)38/h6-7,10-12,18-19,23,37-38H,2-5,8-9,13-16,30H2,1H3,(H,34,36). The first-order chi connectivity index (χ1) is 19.2. The molecule has 3 unspecified atom stereocenters. The minimum atomic E-state index is -2.63. The van der Waals surface area contributed by atoms with Gasteiger partial charge in [-0.15, -0.1) is 0 Å². The van der Waals surface area contributed by atoms with Crippen LogP contribution in [0.15, 0.2) is 29.5 Å². The van der Waals surface area contributed by atoms with Crippen LogP contribution in [0.5, 0.6) is 5.75 Å². The molecule has 3 atom stereocenters. The van der Waals surface area contributed by atoms with Crippen molar-refractivity contribution in [3.05, 3.63) is 40.9 Å². The largest absolute Gasteiger partial charge is 0.489 e. The number of likely N-dealkylation sites (tertiary alicyclic amines) is 1. The number of nitrogens with one attached hydrogen (secondary N) is 1. The number of alkyl halides is 1. The molecule has 2 aromatic rings. The summed E-state index contributed by atoms with van der Waals surface area (Å²) in [4.78, 5) is 27.1. The predicted octanol–water partition coefficient (Wildman–Crippen LogP) is -0.737. The van der Waals surface area contributed by atoms with Crippen LogP contribution in [0.1, 0.15) is 38.4 Å². The number of carbonyl (C=O) groups is 1. The summed E-state index contributed by atoms with van der Waals surface area (Å²) in [5.74, 6) is -2.21. The number of carbonyl (C=O) groups excluding carboxylic acids is 1. The molecule has 0 saturated carbocycles. The molecule has 1 aromatic heterocycles. The molecule has 0 aliphatic carbocycles. The molecular formula is C27H36BFN6O5. The van der Waals surface area contributed by atoms with Gasteiger partial charge < -0.3 is 30.7 Å². The van der Waals surface area contributed by atoms with Crippen LogP contribution < -0.4 is 26.4 Å². The summed E-state index contributed by atoms with van der Waals surface area (Å²) in [6.45, 7) is 2.94. The average Bonchev–Trinajstić information content (AvgIpc) is 2.94. The number of hydrogen-bond acceptors (Lipinski definition) is 10. The van der Waals surface area contributed by atoms with Crippen LogP contribution in [0, 0.1) is 0 Å². The lowest BCUT2D eigenvalue weighted by atomic mass is 9.93. The van der Waals surface area contributed by atoms with Crippen molar-refractivity contribution in [1.29, 1.82) is 0 Å². The second-order valence-electron chi connectivity index (χ2n) is 10.0. The highest BCUT2D eigenvalue weighted by atomic mass is 19.1.